The minimum Gasteiger partial charge on any atom is -0.476 e. The van der Waals surface area contributed by atoms with Gasteiger partial charge >= 0.3 is 5.97 Å². The molecule has 0 bridgehead atoms. The van der Waals surface area contributed by atoms with Gasteiger partial charge < -0.3 is 9.52 Å². The fourth-order valence-corrected chi connectivity index (χ4v) is 2.23. The van der Waals surface area contributed by atoms with Crippen LogP contribution in [0.5, 0.6) is 0 Å². The highest BCUT2D eigenvalue weighted by molar-refractivity contribution is 9.10. The molecule has 2 rings (SSSR count). The Morgan fingerprint density at radius 3 is 2.63 bits per heavy atom. The number of rotatable bonds is 3. The van der Waals surface area contributed by atoms with Gasteiger partial charge in [0.15, 0.2) is 10.4 Å². The molecule has 0 amide bonds. The van der Waals surface area contributed by atoms with E-state index in [9.17, 15) is 4.79 Å². The van der Waals surface area contributed by atoms with Gasteiger partial charge in [0.25, 0.3) is 0 Å². The van der Waals surface area contributed by atoms with Crippen LogP contribution in [-0.4, -0.2) is 26.1 Å². The lowest BCUT2D eigenvalue weighted by atomic mass is 9.90. The van der Waals surface area contributed by atoms with Gasteiger partial charge in [-0.1, -0.05) is 26.0 Å². The molecule has 1 N–H and O–H groups in total. The molecule has 0 saturated carbocycles. The van der Waals surface area contributed by atoms with E-state index in [1.54, 1.807) is 16.8 Å². The molecule has 0 aromatic carbocycles. The first-order chi connectivity index (χ1) is 8.79. The van der Waals surface area contributed by atoms with Gasteiger partial charge in [-0.2, -0.15) is 0 Å². The van der Waals surface area contributed by atoms with E-state index in [1.165, 1.54) is 0 Å². The predicted molar refractivity (Wildman–Crippen MR) is 71.2 cm³/mol. The molecule has 0 spiro atoms. The van der Waals surface area contributed by atoms with Gasteiger partial charge in [-0.05, 0) is 28.1 Å². The summed E-state index contributed by atoms with van der Waals surface area (Å²) >= 11 is 3.23. The molecule has 0 radical (unpaired) electrons. The SMILES string of the molecule is CC(C)(C)c1c(C(=O)O)nnn1Cc1ccc(Br)o1. The zero-order chi connectivity index (χ0) is 14.2. The van der Waals surface area contributed by atoms with Gasteiger partial charge in [0.05, 0.1) is 5.69 Å². The summed E-state index contributed by atoms with van der Waals surface area (Å²) in [5.41, 5.74) is 0.187. The van der Waals surface area contributed by atoms with E-state index in [2.05, 4.69) is 26.2 Å². The molecule has 0 fully saturated rings. The molecule has 0 aliphatic heterocycles. The number of aromatic nitrogens is 3. The molecule has 102 valence electrons. The van der Waals surface area contributed by atoms with E-state index in [-0.39, 0.29) is 11.1 Å². The largest absolute Gasteiger partial charge is 0.476 e. The van der Waals surface area contributed by atoms with Crippen LogP contribution in [0, 0.1) is 0 Å². The van der Waals surface area contributed by atoms with E-state index < -0.39 is 5.97 Å². The van der Waals surface area contributed by atoms with Crippen LogP contribution < -0.4 is 0 Å². The second kappa shape index (κ2) is 4.80. The predicted octanol–water partition coefficient (Wildman–Crippen LogP) is 2.68. The van der Waals surface area contributed by atoms with Crippen molar-refractivity contribution in [3.8, 4) is 0 Å². The average molecular weight is 328 g/mol. The molecule has 0 unspecified atom stereocenters. The average Bonchev–Trinajstić information content (AvgIpc) is 2.84. The number of nitrogens with zero attached hydrogens (tertiary/aromatic N) is 3. The molecular weight excluding hydrogens is 314 g/mol. The van der Waals surface area contributed by atoms with E-state index in [0.717, 1.165) is 0 Å². The van der Waals surface area contributed by atoms with E-state index in [0.29, 0.717) is 22.7 Å². The van der Waals surface area contributed by atoms with Crippen molar-refractivity contribution in [2.24, 2.45) is 0 Å². The number of carboxylic acid groups (broad SMARTS) is 1. The highest BCUT2D eigenvalue weighted by Gasteiger charge is 2.29. The van der Waals surface area contributed by atoms with Gasteiger partial charge in [0.2, 0.25) is 0 Å². The molecule has 2 aromatic rings. The Balaban J connectivity index is 2.43. The monoisotopic (exact) mass is 327 g/mol. The zero-order valence-electron chi connectivity index (χ0n) is 10.8. The first-order valence-electron chi connectivity index (χ1n) is 5.70. The standard InChI is InChI=1S/C12H14BrN3O3/c1-12(2,3)10-9(11(17)18)14-15-16(10)6-7-4-5-8(13)19-7/h4-5H,6H2,1-3H3,(H,17,18). The molecule has 2 heterocycles. The molecule has 0 atom stereocenters. The summed E-state index contributed by atoms with van der Waals surface area (Å²) in [5.74, 6) is -0.393. The number of hydrogen-bond acceptors (Lipinski definition) is 4. The van der Waals surface area contributed by atoms with Crippen molar-refractivity contribution in [2.75, 3.05) is 0 Å². The van der Waals surface area contributed by atoms with Crippen LogP contribution >= 0.6 is 15.9 Å². The maximum Gasteiger partial charge on any atom is 0.358 e. The van der Waals surface area contributed by atoms with Crippen LogP contribution in [0.25, 0.3) is 0 Å². The van der Waals surface area contributed by atoms with Gasteiger partial charge in [0.1, 0.15) is 12.3 Å². The normalized spacial score (nSPS) is 11.8. The summed E-state index contributed by atoms with van der Waals surface area (Å²) in [5, 5.41) is 16.8. The first kappa shape index (κ1) is 13.8. The maximum absolute atomic E-state index is 11.2. The molecule has 0 saturated heterocycles. The lowest BCUT2D eigenvalue weighted by Gasteiger charge is -2.19. The summed E-state index contributed by atoms with van der Waals surface area (Å²) in [4.78, 5) is 11.2. The van der Waals surface area contributed by atoms with E-state index in [1.807, 2.05) is 20.8 Å². The van der Waals surface area contributed by atoms with Crippen LogP contribution in [0.1, 0.15) is 42.7 Å². The van der Waals surface area contributed by atoms with Crippen LogP contribution in [0.3, 0.4) is 0 Å². The van der Waals surface area contributed by atoms with Gasteiger partial charge in [-0.25, -0.2) is 9.48 Å². The van der Waals surface area contributed by atoms with Crippen molar-refractivity contribution in [1.82, 2.24) is 15.0 Å². The van der Waals surface area contributed by atoms with Crippen molar-refractivity contribution in [3.63, 3.8) is 0 Å². The number of aromatic carboxylic acids is 1. The number of carboxylic acids is 1. The Hall–Kier alpha value is -1.63. The van der Waals surface area contributed by atoms with Crippen molar-refractivity contribution in [2.45, 2.75) is 32.7 Å². The van der Waals surface area contributed by atoms with Crippen molar-refractivity contribution >= 4 is 21.9 Å². The van der Waals surface area contributed by atoms with Crippen molar-refractivity contribution in [3.05, 3.63) is 34.0 Å². The highest BCUT2D eigenvalue weighted by Crippen LogP contribution is 2.26. The van der Waals surface area contributed by atoms with Crippen molar-refractivity contribution < 1.29 is 14.3 Å². The number of carbonyl (C=O) groups is 1. The quantitative estimate of drug-likeness (QED) is 0.937. The van der Waals surface area contributed by atoms with Gasteiger partial charge in [-0.15, -0.1) is 5.10 Å². The lowest BCUT2D eigenvalue weighted by Crippen LogP contribution is -2.22. The van der Waals surface area contributed by atoms with Gasteiger partial charge in [0, 0.05) is 5.41 Å². The zero-order valence-corrected chi connectivity index (χ0v) is 12.4. The molecule has 0 aliphatic rings. The van der Waals surface area contributed by atoms with Crippen LogP contribution in [0.15, 0.2) is 21.2 Å². The maximum atomic E-state index is 11.2. The molecule has 7 heteroatoms. The third-order valence-corrected chi connectivity index (χ3v) is 3.01. The summed E-state index contributed by atoms with van der Waals surface area (Å²) in [6, 6.07) is 3.58. The minimum atomic E-state index is -1.07. The number of furan rings is 1. The second-order valence-corrected chi connectivity index (χ2v) is 5.99. The summed E-state index contributed by atoms with van der Waals surface area (Å²) < 4.78 is 7.59. The third kappa shape index (κ3) is 2.86. The Labute approximate surface area is 118 Å². The first-order valence-corrected chi connectivity index (χ1v) is 6.50. The third-order valence-electron chi connectivity index (χ3n) is 2.58. The molecule has 6 nitrogen and oxygen atoms in total. The van der Waals surface area contributed by atoms with E-state index >= 15 is 0 Å². The molecule has 19 heavy (non-hydrogen) atoms. The Kier molecular flexibility index (Phi) is 3.49. The van der Waals surface area contributed by atoms with Crippen LogP contribution in [0.4, 0.5) is 0 Å². The van der Waals surface area contributed by atoms with Gasteiger partial charge in [-0.3, -0.25) is 0 Å². The summed E-state index contributed by atoms with van der Waals surface area (Å²) in [6.07, 6.45) is 0. The topological polar surface area (TPSA) is 81.1 Å². The van der Waals surface area contributed by atoms with Crippen LogP contribution in [-0.2, 0) is 12.0 Å². The summed E-state index contributed by atoms with van der Waals surface area (Å²) in [6.45, 7) is 6.12. The Morgan fingerprint density at radius 2 is 2.16 bits per heavy atom. The fourth-order valence-electron chi connectivity index (χ4n) is 1.89. The Morgan fingerprint density at radius 1 is 1.47 bits per heavy atom. The highest BCUT2D eigenvalue weighted by atomic mass is 79.9. The number of hydrogen-bond donors (Lipinski definition) is 1. The lowest BCUT2D eigenvalue weighted by molar-refractivity contribution is 0.0687. The Bertz CT molecular complexity index is 610. The molecular formula is C12H14BrN3O3. The van der Waals surface area contributed by atoms with Crippen LogP contribution in [0.2, 0.25) is 0 Å². The summed E-state index contributed by atoms with van der Waals surface area (Å²) in [7, 11) is 0. The number of halogens is 1. The molecule has 2 aromatic heterocycles. The van der Waals surface area contributed by atoms with Crippen molar-refractivity contribution in [1.29, 1.82) is 0 Å². The van der Waals surface area contributed by atoms with E-state index in [4.69, 9.17) is 9.52 Å². The smallest absolute Gasteiger partial charge is 0.358 e. The fraction of sp³-hybridized carbons (Fsp3) is 0.417. The second-order valence-electron chi connectivity index (χ2n) is 5.21. The molecule has 0 aliphatic carbocycles. The minimum absolute atomic E-state index is 0.0156.